The molecule has 1 saturated carbocycles. The van der Waals surface area contributed by atoms with Crippen LogP contribution in [0.15, 0.2) is 28.7 Å². The zero-order valence-corrected chi connectivity index (χ0v) is 10.4. The van der Waals surface area contributed by atoms with E-state index in [2.05, 4.69) is 40.2 Å². The maximum atomic E-state index is 6.07. The third-order valence-corrected chi connectivity index (χ3v) is 3.11. The maximum Gasteiger partial charge on any atom is 0.0297 e. The van der Waals surface area contributed by atoms with Crippen LogP contribution in [0.4, 0.5) is 0 Å². The highest BCUT2D eigenvalue weighted by molar-refractivity contribution is 9.10. The Morgan fingerprint density at radius 2 is 1.86 bits per heavy atom. The van der Waals surface area contributed by atoms with E-state index in [1.807, 2.05) is 0 Å². The predicted octanol–water partition coefficient (Wildman–Crippen LogP) is 3.67. The minimum absolute atomic E-state index is 0. The quantitative estimate of drug-likeness (QED) is 0.895. The van der Waals surface area contributed by atoms with Gasteiger partial charge in [0.2, 0.25) is 0 Å². The summed E-state index contributed by atoms with van der Waals surface area (Å²) in [6.45, 7) is 0. The topological polar surface area (TPSA) is 26.0 Å². The molecule has 0 amide bonds. The second-order valence-electron chi connectivity index (χ2n) is 3.84. The monoisotopic (exact) mass is 275 g/mol. The minimum Gasteiger partial charge on any atom is -0.324 e. The number of halogens is 2. The molecule has 0 heterocycles. The van der Waals surface area contributed by atoms with E-state index in [4.69, 9.17) is 5.73 Å². The van der Waals surface area contributed by atoms with Gasteiger partial charge in [-0.25, -0.2) is 0 Å². The van der Waals surface area contributed by atoms with Gasteiger partial charge in [0, 0.05) is 10.5 Å². The molecule has 78 valence electrons. The van der Waals surface area contributed by atoms with Gasteiger partial charge in [-0.15, -0.1) is 12.4 Å². The maximum absolute atomic E-state index is 6.07. The van der Waals surface area contributed by atoms with Crippen LogP contribution in [0, 0.1) is 5.92 Å². The van der Waals surface area contributed by atoms with Crippen LogP contribution < -0.4 is 5.73 Å². The summed E-state index contributed by atoms with van der Waals surface area (Å²) in [6.07, 6.45) is 3.91. The van der Waals surface area contributed by atoms with Crippen molar-refractivity contribution in [1.82, 2.24) is 0 Å². The first-order valence-electron chi connectivity index (χ1n) is 4.77. The van der Waals surface area contributed by atoms with Crippen LogP contribution in [0.1, 0.15) is 30.9 Å². The number of nitrogens with two attached hydrogens (primary N) is 1. The average molecular weight is 277 g/mol. The normalized spacial score (nSPS) is 17.3. The van der Waals surface area contributed by atoms with E-state index >= 15 is 0 Å². The highest BCUT2D eigenvalue weighted by Crippen LogP contribution is 2.36. The van der Waals surface area contributed by atoms with E-state index in [-0.39, 0.29) is 18.4 Å². The molecule has 1 nitrogen and oxygen atoms in total. The molecular formula is C11H15BrClN. The van der Waals surface area contributed by atoms with Crippen LogP contribution >= 0.6 is 28.3 Å². The van der Waals surface area contributed by atoms with Crippen molar-refractivity contribution >= 4 is 28.3 Å². The summed E-state index contributed by atoms with van der Waals surface area (Å²) in [6, 6.07) is 8.57. The fourth-order valence-corrected chi connectivity index (χ4v) is 1.82. The van der Waals surface area contributed by atoms with Crippen LogP contribution in [0.25, 0.3) is 0 Å². The zero-order valence-electron chi connectivity index (χ0n) is 7.95. The van der Waals surface area contributed by atoms with Gasteiger partial charge in [0.15, 0.2) is 0 Å². The molecule has 0 aliphatic heterocycles. The van der Waals surface area contributed by atoms with Gasteiger partial charge >= 0.3 is 0 Å². The van der Waals surface area contributed by atoms with Gasteiger partial charge in [-0.05, 0) is 30.0 Å². The van der Waals surface area contributed by atoms with E-state index in [0.717, 1.165) is 16.8 Å². The lowest BCUT2D eigenvalue weighted by Gasteiger charge is -2.10. The van der Waals surface area contributed by atoms with Crippen molar-refractivity contribution < 1.29 is 0 Å². The van der Waals surface area contributed by atoms with Gasteiger partial charge in [0.05, 0.1) is 0 Å². The summed E-state index contributed by atoms with van der Waals surface area (Å²) in [4.78, 5) is 0. The van der Waals surface area contributed by atoms with Gasteiger partial charge in [-0.1, -0.05) is 40.9 Å². The highest BCUT2D eigenvalue weighted by atomic mass is 79.9. The molecule has 1 aliphatic rings. The van der Waals surface area contributed by atoms with Crippen molar-refractivity contribution in [2.24, 2.45) is 11.7 Å². The molecule has 0 bridgehead atoms. The fourth-order valence-electron chi connectivity index (χ4n) is 1.56. The average Bonchev–Trinajstić information content (AvgIpc) is 2.89. The molecule has 14 heavy (non-hydrogen) atoms. The molecule has 0 aromatic heterocycles. The van der Waals surface area contributed by atoms with Crippen LogP contribution in [-0.4, -0.2) is 0 Å². The molecule has 1 atom stereocenters. The third kappa shape index (κ3) is 3.26. The lowest BCUT2D eigenvalue weighted by Crippen LogP contribution is -2.10. The van der Waals surface area contributed by atoms with Crippen molar-refractivity contribution in [1.29, 1.82) is 0 Å². The Morgan fingerprint density at radius 1 is 1.29 bits per heavy atom. The van der Waals surface area contributed by atoms with Crippen molar-refractivity contribution in [3.63, 3.8) is 0 Å². The molecule has 1 aromatic rings. The molecule has 3 heteroatoms. The molecule has 2 N–H and O–H groups in total. The van der Waals surface area contributed by atoms with E-state index in [9.17, 15) is 0 Å². The molecule has 1 aliphatic carbocycles. The van der Waals surface area contributed by atoms with Crippen molar-refractivity contribution in [3.05, 3.63) is 34.3 Å². The number of hydrogen-bond donors (Lipinski definition) is 1. The third-order valence-electron chi connectivity index (χ3n) is 2.58. The van der Waals surface area contributed by atoms with E-state index in [1.165, 1.54) is 18.4 Å². The molecule has 0 unspecified atom stereocenters. The number of hydrogen-bond acceptors (Lipinski definition) is 1. The Hall–Kier alpha value is -0.0500. The Labute approximate surface area is 99.6 Å². The molecule has 0 radical (unpaired) electrons. The van der Waals surface area contributed by atoms with Crippen LogP contribution in [0.3, 0.4) is 0 Å². The first-order valence-corrected chi connectivity index (χ1v) is 5.56. The SMILES string of the molecule is Cl.N[C@@H](CC1CC1)c1ccc(Br)cc1. The molecule has 1 aromatic carbocycles. The predicted molar refractivity (Wildman–Crippen MR) is 65.7 cm³/mol. The van der Waals surface area contributed by atoms with Gasteiger partial charge < -0.3 is 5.73 Å². The Morgan fingerprint density at radius 3 is 2.36 bits per heavy atom. The van der Waals surface area contributed by atoms with Crippen molar-refractivity contribution in [2.45, 2.75) is 25.3 Å². The Bertz CT molecular complexity index is 282. The molecule has 1 fully saturated rings. The second-order valence-corrected chi connectivity index (χ2v) is 4.75. The van der Waals surface area contributed by atoms with Gasteiger partial charge in [-0.3, -0.25) is 0 Å². The summed E-state index contributed by atoms with van der Waals surface area (Å²) in [5, 5.41) is 0. The highest BCUT2D eigenvalue weighted by Gasteiger charge is 2.24. The van der Waals surface area contributed by atoms with Crippen molar-refractivity contribution in [3.8, 4) is 0 Å². The largest absolute Gasteiger partial charge is 0.324 e. The summed E-state index contributed by atoms with van der Waals surface area (Å²) in [5.41, 5.74) is 7.33. The summed E-state index contributed by atoms with van der Waals surface area (Å²) >= 11 is 3.42. The standard InChI is InChI=1S/C11H14BrN.ClH/c12-10-5-3-9(4-6-10)11(13)7-8-1-2-8;/h3-6,8,11H,1-2,7,13H2;1H/t11-;/m0./s1. The molecule has 0 saturated heterocycles. The smallest absolute Gasteiger partial charge is 0.0297 e. The first kappa shape index (κ1) is 12.0. The van der Waals surface area contributed by atoms with Gasteiger partial charge in [0.25, 0.3) is 0 Å². The van der Waals surface area contributed by atoms with E-state index in [1.54, 1.807) is 0 Å². The molecule has 2 rings (SSSR count). The van der Waals surface area contributed by atoms with Gasteiger partial charge in [-0.2, -0.15) is 0 Å². The number of benzene rings is 1. The lowest BCUT2D eigenvalue weighted by molar-refractivity contribution is 0.597. The first-order chi connectivity index (χ1) is 6.25. The van der Waals surface area contributed by atoms with Crippen molar-refractivity contribution in [2.75, 3.05) is 0 Å². The Balaban J connectivity index is 0.000000980. The zero-order chi connectivity index (χ0) is 9.26. The lowest BCUT2D eigenvalue weighted by atomic mass is 10.0. The molecular weight excluding hydrogens is 261 g/mol. The van der Waals surface area contributed by atoms with Crippen LogP contribution in [-0.2, 0) is 0 Å². The molecule has 0 spiro atoms. The second kappa shape index (κ2) is 5.15. The minimum atomic E-state index is 0. The van der Waals surface area contributed by atoms with Crippen LogP contribution in [0.2, 0.25) is 0 Å². The summed E-state index contributed by atoms with van der Waals surface area (Å²) in [7, 11) is 0. The van der Waals surface area contributed by atoms with Gasteiger partial charge in [0.1, 0.15) is 0 Å². The fraction of sp³-hybridized carbons (Fsp3) is 0.455. The Kier molecular flexibility index (Phi) is 4.42. The van der Waals surface area contributed by atoms with Crippen LogP contribution in [0.5, 0.6) is 0 Å². The summed E-state index contributed by atoms with van der Waals surface area (Å²) < 4.78 is 1.12. The summed E-state index contributed by atoms with van der Waals surface area (Å²) in [5.74, 6) is 0.902. The van der Waals surface area contributed by atoms with E-state index < -0.39 is 0 Å². The number of rotatable bonds is 3. The van der Waals surface area contributed by atoms with E-state index in [0.29, 0.717) is 0 Å².